The number of ether oxygens (including phenoxy) is 3. The van der Waals surface area contributed by atoms with E-state index in [2.05, 4.69) is 0 Å². The van der Waals surface area contributed by atoms with Crippen molar-refractivity contribution in [2.75, 3.05) is 13.7 Å². The molecule has 9 nitrogen and oxygen atoms in total. The van der Waals surface area contributed by atoms with Crippen LogP contribution in [0, 0.1) is 23.7 Å². The lowest BCUT2D eigenvalue weighted by atomic mass is 9.79. The molecule has 3 aliphatic rings. The number of likely N-dealkylation sites (tertiary alicyclic amines) is 1. The molecule has 0 aromatic carbocycles. The van der Waals surface area contributed by atoms with Crippen molar-refractivity contribution in [3.8, 4) is 0 Å². The standard InChI is InChI=1S/C29H49NO8/c1-17(2)24-13-10-19(4)29(35,38-24)26(32)27(33)30-14-8-7-9-22(30)28(34)37-20(5)18(3)15-21-11-12-23(31)25(16-21)36-6/h17-25,31,35H,7-16H2,1-6H3. The van der Waals surface area contributed by atoms with E-state index < -0.39 is 41.5 Å². The van der Waals surface area contributed by atoms with E-state index in [1.54, 1.807) is 14.0 Å². The molecular formula is C29H49NO8. The number of ketones is 1. The van der Waals surface area contributed by atoms with Crippen LogP contribution in [0.2, 0.25) is 0 Å². The first-order valence-electron chi connectivity index (χ1n) is 14.6. The number of carbonyl (C=O) groups is 3. The zero-order valence-corrected chi connectivity index (χ0v) is 24.1. The van der Waals surface area contributed by atoms with Gasteiger partial charge in [0.2, 0.25) is 5.79 Å². The summed E-state index contributed by atoms with van der Waals surface area (Å²) in [5.41, 5.74) is 0. The van der Waals surface area contributed by atoms with Crippen molar-refractivity contribution in [1.82, 2.24) is 4.90 Å². The van der Waals surface area contributed by atoms with E-state index in [9.17, 15) is 24.6 Å². The van der Waals surface area contributed by atoms with Gasteiger partial charge < -0.3 is 29.3 Å². The van der Waals surface area contributed by atoms with Crippen molar-refractivity contribution in [1.29, 1.82) is 0 Å². The minimum atomic E-state index is -2.19. The quantitative estimate of drug-likeness (QED) is 0.338. The fraction of sp³-hybridized carbons (Fsp3) is 0.897. The highest BCUT2D eigenvalue weighted by Gasteiger charge is 2.53. The van der Waals surface area contributed by atoms with E-state index in [0.29, 0.717) is 38.0 Å². The molecule has 38 heavy (non-hydrogen) atoms. The lowest BCUT2D eigenvalue weighted by molar-refractivity contribution is -0.269. The van der Waals surface area contributed by atoms with Crippen LogP contribution >= 0.6 is 0 Å². The summed E-state index contributed by atoms with van der Waals surface area (Å²) < 4.78 is 17.1. The number of hydrogen-bond donors (Lipinski definition) is 2. The lowest BCUT2D eigenvalue weighted by Crippen LogP contribution is -2.61. The number of aliphatic hydroxyl groups excluding tert-OH is 1. The van der Waals surface area contributed by atoms with Crippen LogP contribution in [0.1, 0.15) is 92.4 Å². The molecule has 1 aliphatic carbocycles. The Hall–Kier alpha value is -1.55. The summed E-state index contributed by atoms with van der Waals surface area (Å²) in [5, 5.41) is 21.3. The highest BCUT2D eigenvalue weighted by atomic mass is 16.6. The normalized spacial score (nSPS) is 36.0. The second-order valence-electron chi connectivity index (χ2n) is 12.3. The minimum absolute atomic E-state index is 0.0799. The molecule has 1 amide bonds. The van der Waals surface area contributed by atoms with E-state index >= 15 is 0 Å². The van der Waals surface area contributed by atoms with Crippen LogP contribution in [0.25, 0.3) is 0 Å². The molecule has 0 spiro atoms. The molecule has 2 aliphatic heterocycles. The molecule has 0 bridgehead atoms. The fourth-order valence-corrected chi connectivity index (χ4v) is 6.22. The Morgan fingerprint density at radius 1 is 1.05 bits per heavy atom. The number of nitrogens with zero attached hydrogens (tertiary/aromatic N) is 1. The zero-order chi connectivity index (χ0) is 28.2. The van der Waals surface area contributed by atoms with Crippen LogP contribution in [0.5, 0.6) is 0 Å². The highest BCUT2D eigenvalue weighted by molar-refractivity contribution is 6.39. The monoisotopic (exact) mass is 539 g/mol. The van der Waals surface area contributed by atoms with Crippen molar-refractivity contribution in [3.63, 3.8) is 0 Å². The van der Waals surface area contributed by atoms with Gasteiger partial charge in [0.1, 0.15) is 12.1 Å². The summed E-state index contributed by atoms with van der Waals surface area (Å²) in [6.07, 6.45) is 5.05. The fourth-order valence-electron chi connectivity index (χ4n) is 6.22. The van der Waals surface area contributed by atoms with Gasteiger partial charge >= 0.3 is 5.97 Å². The molecule has 9 atom stereocenters. The predicted molar refractivity (Wildman–Crippen MR) is 141 cm³/mol. The van der Waals surface area contributed by atoms with E-state index in [0.717, 1.165) is 25.7 Å². The number of Topliss-reactive ketones (excluding diaryl/α,β-unsaturated/α-hetero) is 1. The van der Waals surface area contributed by atoms with Crippen LogP contribution < -0.4 is 0 Å². The molecular weight excluding hydrogens is 490 g/mol. The molecule has 218 valence electrons. The van der Waals surface area contributed by atoms with Gasteiger partial charge in [-0.05, 0) is 82.5 Å². The van der Waals surface area contributed by atoms with Crippen LogP contribution in [0.3, 0.4) is 0 Å². The highest BCUT2D eigenvalue weighted by Crippen LogP contribution is 2.37. The lowest BCUT2D eigenvalue weighted by Gasteiger charge is -2.43. The Labute approximate surface area is 227 Å². The molecule has 9 unspecified atom stereocenters. The summed E-state index contributed by atoms with van der Waals surface area (Å²) in [6.45, 7) is 9.80. The first kappa shape index (κ1) is 31.0. The smallest absolute Gasteiger partial charge is 0.329 e. The van der Waals surface area contributed by atoms with Gasteiger partial charge in [0.25, 0.3) is 11.7 Å². The summed E-state index contributed by atoms with van der Waals surface area (Å²) in [7, 11) is 1.62. The van der Waals surface area contributed by atoms with E-state index in [4.69, 9.17) is 14.2 Å². The van der Waals surface area contributed by atoms with Crippen molar-refractivity contribution in [2.45, 2.75) is 129 Å². The number of hydrogen-bond acceptors (Lipinski definition) is 8. The molecule has 3 rings (SSSR count). The van der Waals surface area contributed by atoms with Crippen molar-refractivity contribution >= 4 is 17.7 Å². The molecule has 2 heterocycles. The maximum atomic E-state index is 13.4. The first-order chi connectivity index (χ1) is 17.9. The second-order valence-corrected chi connectivity index (χ2v) is 12.3. The van der Waals surface area contributed by atoms with E-state index in [-0.39, 0.29) is 36.7 Å². The number of aliphatic hydroxyl groups is 2. The van der Waals surface area contributed by atoms with Crippen LogP contribution in [0.15, 0.2) is 0 Å². The molecule has 9 heteroatoms. The SMILES string of the molecule is COC1CC(CC(C)C(C)OC(=O)C2CCCCN2C(=O)C(=O)C2(O)OC(C(C)C)CCC2C)CCC1O. The van der Waals surface area contributed by atoms with Crippen LogP contribution in [0.4, 0.5) is 0 Å². The van der Waals surface area contributed by atoms with Crippen LogP contribution in [-0.4, -0.2) is 82.7 Å². The maximum absolute atomic E-state index is 13.4. The summed E-state index contributed by atoms with van der Waals surface area (Å²) in [5.74, 6) is -4.55. The first-order valence-corrected chi connectivity index (χ1v) is 14.6. The van der Waals surface area contributed by atoms with Gasteiger partial charge in [-0.1, -0.05) is 27.7 Å². The molecule has 1 saturated carbocycles. The van der Waals surface area contributed by atoms with E-state index in [1.165, 1.54) is 4.90 Å². The second kappa shape index (κ2) is 13.2. The number of methoxy groups -OCH3 is 1. The summed E-state index contributed by atoms with van der Waals surface area (Å²) >= 11 is 0. The average molecular weight is 540 g/mol. The minimum Gasteiger partial charge on any atom is -0.461 e. The van der Waals surface area contributed by atoms with Gasteiger partial charge in [-0.15, -0.1) is 0 Å². The Bertz CT molecular complexity index is 833. The van der Waals surface area contributed by atoms with Gasteiger partial charge in [-0.2, -0.15) is 0 Å². The van der Waals surface area contributed by atoms with Crippen molar-refractivity contribution in [3.05, 3.63) is 0 Å². The Balaban J connectivity index is 1.63. The summed E-state index contributed by atoms with van der Waals surface area (Å²) in [4.78, 5) is 41.3. The maximum Gasteiger partial charge on any atom is 0.329 e. The van der Waals surface area contributed by atoms with Gasteiger partial charge in [-0.25, -0.2) is 4.79 Å². The third-order valence-corrected chi connectivity index (χ3v) is 9.16. The predicted octanol–water partition coefficient (Wildman–Crippen LogP) is 3.23. The van der Waals surface area contributed by atoms with Gasteiger partial charge in [0.05, 0.1) is 18.3 Å². The number of carbonyl (C=O) groups excluding carboxylic acids is 3. The van der Waals surface area contributed by atoms with Crippen LogP contribution in [-0.2, 0) is 28.6 Å². The number of piperidine rings is 1. The molecule has 0 aromatic rings. The molecule has 0 radical (unpaired) electrons. The number of esters is 1. The molecule has 2 saturated heterocycles. The zero-order valence-electron chi connectivity index (χ0n) is 24.1. The number of amides is 1. The third-order valence-electron chi connectivity index (χ3n) is 9.16. The van der Waals surface area contributed by atoms with E-state index in [1.807, 2.05) is 27.7 Å². The third kappa shape index (κ3) is 6.95. The van der Waals surface area contributed by atoms with Crippen molar-refractivity contribution in [2.24, 2.45) is 23.7 Å². The Kier molecular flexibility index (Phi) is 10.8. The average Bonchev–Trinajstić information content (AvgIpc) is 2.90. The topological polar surface area (TPSA) is 123 Å². The number of rotatable bonds is 9. The Morgan fingerprint density at radius 3 is 2.42 bits per heavy atom. The summed E-state index contributed by atoms with van der Waals surface area (Å²) in [6, 6.07) is -0.860. The molecule has 3 fully saturated rings. The molecule has 0 aromatic heterocycles. The Morgan fingerprint density at radius 2 is 1.76 bits per heavy atom. The van der Waals surface area contributed by atoms with Gasteiger partial charge in [0.15, 0.2) is 0 Å². The largest absolute Gasteiger partial charge is 0.461 e. The van der Waals surface area contributed by atoms with Crippen molar-refractivity contribution < 1.29 is 38.8 Å². The van der Waals surface area contributed by atoms with Gasteiger partial charge in [0, 0.05) is 19.6 Å². The van der Waals surface area contributed by atoms with Gasteiger partial charge in [-0.3, -0.25) is 9.59 Å². The molecule has 2 N–H and O–H groups in total.